The first-order valence-corrected chi connectivity index (χ1v) is 9.38. The fraction of sp³-hybridized carbons (Fsp3) is 0.444. The molecule has 23 heavy (non-hydrogen) atoms. The number of benzene rings is 2. The van der Waals surface area contributed by atoms with Crippen LogP contribution in [0.2, 0.25) is 0 Å². The minimum absolute atomic E-state index is 0. The molecule has 0 saturated heterocycles. The van der Waals surface area contributed by atoms with Crippen molar-refractivity contribution in [2.75, 3.05) is 0 Å². The third-order valence-electron chi connectivity index (χ3n) is 3.97. The van der Waals surface area contributed by atoms with Crippen LogP contribution in [0.4, 0.5) is 0 Å². The number of unbranched alkanes of at least 4 members (excludes halogenated alkanes) is 2. The molecule has 0 aliphatic carbocycles. The first kappa shape index (κ1) is 20.7. The van der Waals surface area contributed by atoms with Crippen LogP contribution in [-0.2, 0) is 23.0 Å². The van der Waals surface area contributed by atoms with E-state index in [1.54, 1.807) is 0 Å². The summed E-state index contributed by atoms with van der Waals surface area (Å²) in [6, 6.07) is 9.46. The predicted molar refractivity (Wildman–Crippen MR) is 89.1 cm³/mol. The Bertz CT molecular complexity index is 754. The molecule has 2 rings (SSSR count). The van der Waals surface area contributed by atoms with Crippen molar-refractivity contribution in [1.29, 1.82) is 0 Å². The summed E-state index contributed by atoms with van der Waals surface area (Å²) < 4.78 is 34.5. The summed E-state index contributed by atoms with van der Waals surface area (Å²) in [6.45, 7) is 4.21. The van der Waals surface area contributed by atoms with Crippen molar-refractivity contribution >= 4 is 20.9 Å². The van der Waals surface area contributed by atoms with Gasteiger partial charge in [-0.05, 0) is 59.7 Å². The Morgan fingerprint density at radius 3 is 2.17 bits per heavy atom. The standard InChI is InChI=1S/C18H24O3S.Na/c1-3-5-7-14-9-10-15-13-18(22(19,20)21)16(8-6-4-2)12-17(15)11-14;/h9-13H,3-8H2,1-2H3,(H,19,20,21);/q;+1/p-1. The van der Waals surface area contributed by atoms with Crippen LogP contribution in [-0.4, -0.2) is 13.0 Å². The van der Waals surface area contributed by atoms with E-state index in [2.05, 4.69) is 19.9 Å². The van der Waals surface area contributed by atoms with Gasteiger partial charge in [-0.3, -0.25) is 0 Å². The van der Waals surface area contributed by atoms with Crippen LogP contribution >= 0.6 is 0 Å². The molecule has 0 spiro atoms. The topological polar surface area (TPSA) is 57.2 Å². The Labute approximate surface area is 161 Å². The molecule has 0 heterocycles. The predicted octanol–water partition coefficient (Wildman–Crippen LogP) is 1.43. The van der Waals surface area contributed by atoms with Crippen molar-refractivity contribution in [3.63, 3.8) is 0 Å². The summed E-state index contributed by atoms with van der Waals surface area (Å²) in [4.78, 5) is -0.0604. The zero-order valence-electron chi connectivity index (χ0n) is 14.3. The van der Waals surface area contributed by atoms with Crippen LogP contribution in [0.1, 0.15) is 50.7 Å². The summed E-state index contributed by atoms with van der Waals surface area (Å²) in [5, 5.41) is 1.84. The van der Waals surface area contributed by atoms with Crippen LogP contribution in [0, 0.1) is 0 Å². The molecule has 0 aliphatic heterocycles. The fourth-order valence-electron chi connectivity index (χ4n) is 2.71. The number of fused-ring (bicyclic) bond motifs is 1. The molecule has 0 fully saturated rings. The van der Waals surface area contributed by atoms with E-state index in [9.17, 15) is 13.0 Å². The van der Waals surface area contributed by atoms with Gasteiger partial charge >= 0.3 is 29.6 Å². The number of hydrogen-bond acceptors (Lipinski definition) is 3. The SMILES string of the molecule is CCCCc1ccc2cc(S(=O)(=O)[O-])c(CCCC)cc2c1.[Na+]. The molecule has 2 aromatic carbocycles. The Hall–Kier alpha value is -0.390. The van der Waals surface area contributed by atoms with E-state index in [0.717, 1.165) is 42.9 Å². The van der Waals surface area contributed by atoms with Gasteiger partial charge in [0.25, 0.3) is 0 Å². The fourth-order valence-corrected chi connectivity index (χ4v) is 3.46. The quantitative estimate of drug-likeness (QED) is 0.565. The second-order valence-corrected chi connectivity index (χ2v) is 7.15. The average Bonchev–Trinajstić information content (AvgIpc) is 2.48. The van der Waals surface area contributed by atoms with Gasteiger partial charge in [0.1, 0.15) is 10.1 Å². The Morgan fingerprint density at radius 2 is 1.57 bits per heavy atom. The maximum Gasteiger partial charge on any atom is 1.00 e. The second-order valence-electron chi connectivity index (χ2n) is 5.80. The third-order valence-corrected chi connectivity index (χ3v) is 4.89. The molecule has 120 valence electrons. The zero-order valence-corrected chi connectivity index (χ0v) is 17.1. The number of aryl methyl sites for hydroxylation is 2. The van der Waals surface area contributed by atoms with Crippen LogP contribution in [0.5, 0.6) is 0 Å². The molecular weight excluding hydrogens is 319 g/mol. The third kappa shape index (κ3) is 5.57. The van der Waals surface area contributed by atoms with Crippen molar-refractivity contribution in [1.82, 2.24) is 0 Å². The molecule has 5 heteroatoms. The summed E-state index contributed by atoms with van der Waals surface area (Å²) in [5.41, 5.74) is 1.91. The van der Waals surface area contributed by atoms with Gasteiger partial charge in [0.05, 0.1) is 4.90 Å². The van der Waals surface area contributed by atoms with Crippen molar-refractivity contribution < 1.29 is 42.5 Å². The van der Waals surface area contributed by atoms with E-state index in [1.165, 1.54) is 11.6 Å². The monoisotopic (exact) mass is 342 g/mol. The molecule has 0 N–H and O–H groups in total. The summed E-state index contributed by atoms with van der Waals surface area (Å²) in [6.07, 6.45) is 5.78. The molecule has 0 radical (unpaired) electrons. The van der Waals surface area contributed by atoms with E-state index >= 15 is 0 Å². The van der Waals surface area contributed by atoms with Crippen LogP contribution in [0.25, 0.3) is 10.8 Å². The molecule has 0 aliphatic rings. The Balaban J connectivity index is 0.00000264. The number of rotatable bonds is 7. The summed E-state index contributed by atoms with van der Waals surface area (Å²) in [7, 11) is -4.43. The van der Waals surface area contributed by atoms with E-state index in [1.807, 2.05) is 18.2 Å². The van der Waals surface area contributed by atoms with Gasteiger partial charge in [-0.15, -0.1) is 0 Å². The van der Waals surface area contributed by atoms with Crippen molar-refractivity contribution in [2.45, 2.75) is 57.3 Å². The van der Waals surface area contributed by atoms with Crippen LogP contribution < -0.4 is 29.6 Å². The molecule has 0 bridgehead atoms. The van der Waals surface area contributed by atoms with Gasteiger partial charge in [0.2, 0.25) is 0 Å². The van der Waals surface area contributed by atoms with Crippen molar-refractivity contribution in [3.8, 4) is 0 Å². The average molecular weight is 342 g/mol. The molecule has 0 aromatic heterocycles. The largest absolute Gasteiger partial charge is 1.00 e. The Kier molecular flexibility index (Phi) is 8.25. The van der Waals surface area contributed by atoms with Crippen LogP contribution in [0.3, 0.4) is 0 Å². The molecular formula is C18H23NaO3S. The van der Waals surface area contributed by atoms with Gasteiger partial charge < -0.3 is 4.55 Å². The van der Waals surface area contributed by atoms with Gasteiger partial charge in [-0.25, -0.2) is 8.42 Å². The first-order chi connectivity index (χ1) is 10.5. The molecule has 2 aromatic rings. The van der Waals surface area contributed by atoms with Crippen molar-refractivity contribution in [3.05, 3.63) is 41.5 Å². The van der Waals surface area contributed by atoms with Gasteiger partial charge in [-0.2, -0.15) is 0 Å². The normalized spacial score (nSPS) is 11.4. The maximum absolute atomic E-state index is 11.5. The molecule has 0 amide bonds. The number of hydrogen-bond donors (Lipinski definition) is 0. The zero-order chi connectivity index (χ0) is 16.2. The van der Waals surface area contributed by atoms with Crippen molar-refractivity contribution in [2.24, 2.45) is 0 Å². The first-order valence-electron chi connectivity index (χ1n) is 7.97. The van der Waals surface area contributed by atoms with Gasteiger partial charge in [0, 0.05) is 0 Å². The maximum atomic E-state index is 11.5. The van der Waals surface area contributed by atoms with Gasteiger partial charge in [-0.1, -0.05) is 44.9 Å². The molecule has 3 nitrogen and oxygen atoms in total. The minimum atomic E-state index is -4.43. The second kappa shape index (κ2) is 9.19. The smallest absolute Gasteiger partial charge is 0.744 e. The van der Waals surface area contributed by atoms with E-state index in [-0.39, 0.29) is 34.5 Å². The Morgan fingerprint density at radius 1 is 0.913 bits per heavy atom. The molecule has 0 unspecified atom stereocenters. The minimum Gasteiger partial charge on any atom is -0.744 e. The van der Waals surface area contributed by atoms with Crippen LogP contribution in [0.15, 0.2) is 35.2 Å². The van der Waals surface area contributed by atoms with E-state index in [4.69, 9.17) is 0 Å². The molecule has 0 atom stereocenters. The molecule has 0 saturated carbocycles. The summed E-state index contributed by atoms with van der Waals surface area (Å²) >= 11 is 0. The van der Waals surface area contributed by atoms with E-state index in [0.29, 0.717) is 12.0 Å². The van der Waals surface area contributed by atoms with E-state index < -0.39 is 10.1 Å². The van der Waals surface area contributed by atoms with Gasteiger partial charge in [0.15, 0.2) is 0 Å². The summed E-state index contributed by atoms with van der Waals surface area (Å²) in [5.74, 6) is 0.